The van der Waals surface area contributed by atoms with Crippen LogP contribution in [0.25, 0.3) is 11.1 Å². The predicted octanol–water partition coefficient (Wildman–Crippen LogP) is 10.5. The van der Waals surface area contributed by atoms with Gasteiger partial charge in [-0.1, -0.05) is 224 Å². The van der Waals surface area contributed by atoms with Crippen LogP contribution in [-0.2, 0) is 0 Å². The Kier molecular flexibility index (Phi) is 10.1. The van der Waals surface area contributed by atoms with Gasteiger partial charge in [0.2, 0.25) is 0 Å². The zero-order chi connectivity index (χ0) is 43.2. The number of nitrogens with zero attached hydrogens (tertiary/aromatic N) is 1. The first kappa shape index (κ1) is 39.7. The summed E-state index contributed by atoms with van der Waals surface area (Å²) in [6.07, 6.45) is 0. The van der Waals surface area contributed by atoms with Gasteiger partial charge in [-0.15, -0.1) is 0 Å². The van der Waals surface area contributed by atoms with Gasteiger partial charge in [-0.25, -0.2) is 0 Å². The van der Waals surface area contributed by atoms with Gasteiger partial charge in [-0.2, -0.15) is 0 Å². The van der Waals surface area contributed by atoms with Gasteiger partial charge in [0.25, 0.3) is 0 Å². The number of hydrogen-bond acceptors (Lipinski definition) is 3. The van der Waals surface area contributed by atoms with Crippen LogP contribution < -0.4 is 46.4 Å². The maximum absolute atomic E-state index is 2.79. The minimum atomic E-state index is -2.79. The molecule has 0 N–H and O–H groups in total. The van der Waals surface area contributed by atoms with E-state index in [0.29, 0.717) is 0 Å². The molecule has 1 nitrogen and oxygen atoms in total. The largest absolute Gasteiger partial charge is 0.311 e. The Hall–Kier alpha value is -6.87. The summed E-state index contributed by atoms with van der Waals surface area (Å²) in [5.74, 6) is 0. The molecule has 1 spiro atoms. The van der Waals surface area contributed by atoms with Crippen molar-refractivity contribution in [1.29, 1.82) is 0 Å². The third-order valence-electron chi connectivity index (χ3n) is 13.3. The van der Waals surface area contributed by atoms with Crippen LogP contribution in [0, 0.1) is 0 Å². The van der Waals surface area contributed by atoms with Crippen LogP contribution in [0.4, 0.5) is 17.1 Å². The average Bonchev–Trinajstić information content (AvgIpc) is 3.38. The van der Waals surface area contributed by atoms with E-state index in [1.807, 2.05) is 23.5 Å². The summed E-state index contributed by atoms with van der Waals surface area (Å²) >= 11 is 3.85. The monoisotopic (exact) mass is 897 g/mol. The maximum atomic E-state index is 2.56. The molecule has 2 aliphatic heterocycles. The lowest BCUT2D eigenvalue weighted by molar-refractivity contribution is 1.27. The van der Waals surface area contributed by atoms with Crippen LogP contribution in [0.15, 0.2) is 280 Å². The Morgan fingerprint density at radius 2 is 0.615 bits per heavy atom. The molecule has 0 unspecified atom stereocenters. The Morgan fingerprint density at radius 1 is 0.277 bits per heavy atom. The van der Waals surface area contributed by atoms with Gasteiger partial charge in [-0.3, -0.25) is 0 Å². The van der Waals surface area contributed by atoms with Crippen LogP contribution in [0.2, 0.25) is 0 Å². The van der Waals surface area contributed by atoms with Crippen molar-refractivity contribution in [3.63, 3.8) is 0 Å². The first-order chi connectivity index (χ1) is 32.2. The first-order valence-corrected chi connectivity index (χ1v) is 27.9. The van der Waals surface area contributed by atoms with E-state index >= 15 is 0 Å². The van der Waals surface area contributed by atoms with Crippen molar-refractivity contribution >= 4 is 98.2 Å². The molecule has 2 aliphatic rings. The molecule has 308 valence electrons. The number of benzene rings is 10. The lowest BCUT2D eigenvalue weighted by Gasteiger charge is -2.44. The number of fused-ring (bicyclic) bond motifs is 8. The summed E-state index contributed by atoms with van der Waals surface area (Å²) in [4.78, 5) is 7.92. The van der Waals surface area contributed by atoms with Gasteiger partial charge in [0.1, 0.15) is 0 Å². The molecule has 0 amide bonds. The van der Waals surface area contributed by atoms with Gasteiger partial charge < -0.3 is 4.90 Å². The van der Waals surface area contributed by atoms with E-state index < -0.39 is 16.1 Å². The fourth-order valence-corrected chi connectivity index (χ4v) is 24.5. The molecule has 10 aromatic carbocycles. The molecule has 0 saturated carbocycles. The number of hydrogen-bond donors (Lipinski definition) is 0. The third-order valence-corrected chi connectivity index (χ3v) is 26.1. The molecule has 0 radical (unpaired) electrons. The minimum absolute atomic E-state index is 1.12. The van der Waals surface area contributed by atoms with Crippen molar-refractivity contribution < 1.29 is 0 Å². The van der Waals surface area contributed by atoms with Crippen molar-refractivity contribution in [2.75, 3.05) is 4.90 Å². The summed E-state index contributed by atoms with van der Waals surface area (Å²) in [6, 6.07) is 98.0. The van der Waals surface area contributed by atoms with Gasteiger partial charge >= 0.3 is 0 Å². The van der Waals surface area contributed by atoms with Crippen molar-refractivity contribution in [2.45, 2.75) is 19.6 Å². The molecule has 0 bridgehead atoms. The van der Waals surface area contributed by atoms with Crippen molar-refractivity contribution in [2.24, 2.45) is 0 Å². The summed E-state index contributed by atoms with van der Waals surface area (Å²) in [5, 5.41) is 11.3. The zero-order valence-corrected chi connectivity index (χ0v) is 39.2. The van der Waals surface area contributed by atoms with Gasteiger partial charge in [-0.05, 0) is 113 Å². The fraction of sp³-hybridized carbons (Fsp3) is 0. The third kappa shape index (κ3) is 6.53. The molecule has 2 heterocycles. The molecule has 12 rings (SSSR count). The lowest BCUT2D eigenvalue weighted by atomic mass is 10.0. The van der Waals surface area contributed by atoms with E-state index in [1.165, 1.54) is 72.2 Å². The maximum Gasteiger partial charge on any atom is 0.184 e. The molecule has 0 atom stereocenters. The molecule has 10 aromatic rings. The van der Waals surface area contributed by atoms with E-state index in [-0.39, 0.29) is 0 Å². The predicted molar refractivity (Wildman–Crippen MR) is 282 cm³/mol. The van der Waals surface area contributed by atoms with E-state index in [0.717, 1.165) is 17.1 Å². The topological polar surface area (TPSA) is 3.24 Å². The molecule has 65 heavy (non-hydrogen) atoms. The molecule has 0 aliphatic carbocycles. The highest BCUT2D eigenvalue weighted by Crippen LogP contribution is 2.42. The quantitative estimate of drug-likeness (QED) is 0.111. The number of rotatable bonds is 8. The first-order valence-electron chi connectivity index (χ1n) is 22.2. The highest BCUT2D eigenvalue weighted by atomic mass is 32.2. The second-order valence-corrected chi connectivity index (χ2v) is 26.4. The minimum Gasteiger partial charge on any atom is -0.311 e. The average molecular weight is 898 g/mol. The van der Waals surface area contributed by atoms with E-state index in [9.17, 15) is 0 Å². The van der Waals surface area contributed by atoms with Gasteiger partial charge in [0, 0.05) is 36.6 Å². The SMILES string of the molecule is c1ccc(-c2ccc(N(c3ccc([Si](c4ccccc4)(c4ccccc4)c4ccccc4)cc3)c3ccc4c(c3)[Si]3(c5ccccc5Sc5ccccc53)c3ccccc3S4)cc2)cc1. The Balaban J connectivity index is 1.08. The Labute approximate surface area is 392 Å². The molecule has 0 aromatic heterocycles. The second kappa shape index (κ2) is 16.6. The highest BCUT2D eigenvalue weighted by molar-refractivity contribution is 8.01. The molecule has 0 saturated heterocycles. The van der Waals surface area contributed by atoms with Gasteiger partial charge in [0.15, 0.2) is 16.1 Å². The van der Waals surface area contributed by atoms with Crippen LogP contribution in [-0.4, -0.2) is 16.1 Å². The second-order valence-electron chi connectivity index (χ2n) is 16.8. The van der Waals surface area contributed by atoms with E-state index in [1.54, 1.807) is 0 Å². The normalized spacial score (nSPS) is 13.2. The molecular weight excluding hydrogens is 855 g/mol. The Morgan fingerprint density at radius 3 is 1.08 bits per heavy atom. The molecule has 0 fully saturated rings. The lowest BCUT2D eigenvalue weighted by Crippen LogP contribution is -2.78. The summed E-state index contributed by atoms with van der Waals surface area (Å²) in [6.45, 7) is 0. The summed E-state index contributed by atoms with van der Waals surface area (Å²) in [5.41, 5.74) is 5.81. The molecular formula is C60H43NS2Si2. The number of anilines is 3. The van der Waals surface area contributed by atoms with Crippen molar-refractivity contribution in [1.82, 2.24) is 0 Å². The van der Waals surface area contributed by atoms with Crippen LogP contribution in [0.1, 0.15) is 0 Å². The van der Waals surface area contributed by atoms with E-state index in [2.05, 4.69) is 266 Å². The van der Waals surface area contributed by atoms with E-state index in [4.69, 9.17) is 0 Å². The Bertz CT molecular complexity index is 3110. The van der Waals surface area contributed by atoms with Crippen molar-refractivity contribution in [3.8, 4) is 11.1 Å². The summed E-state index contributed by atoms with van der Waals surface area (Å²) in [7, 11) is -5.52. The van der Waals surface area contributed by atoms with Crippen LogP contribution in [0.5, 0.6) is 0 Å². The van der Waals surface area contributed by atoms with Gasteiger partial charge in [0.05, 0.1) is 0 Å². The fourth-order valence-electron chi connectivity index (χ4n) is 10.5. The highest BCUT2D eigenvalue weighted by Gasteiger charge is 2.51. The van der Waals surface area contributed by atoms with Crippen LogP contribution in [0.3, 0.4) is 0 Å². The standard InChI is InChI=1S/C60H43NS2Si2/c1-5-19-44(20-6-1)45-33-35-46(36-34-45)61(47-37-40-52(41-38-47)64(49-21-7-2-8-22-49,50-23-9-3-10-24-50)51-25-11-4-12-26-51)48-39-42-56-60(43-48)65(59-32-18-15-29-55(59)63-56)57-30-16-13-27-53(57)62-54-28-14-17-31-58(54)65/h1-43H. The van der Waals surface area contributed by atoms with Crippen molar-refractivity contribution in [3.05, 3.63) is 261 Å². The smallest absolute Gasteiger partial charge is 0.184 e. The zero-order valence-electron chi connectivity index (χ0n) is 35.6. The summed E-state index contributed by atoms with van der Waals surface area (Å²) < 4.78 is 0. The molecule has 5 heteroatoms. The van der Waals surface area contributed by atoms with Crippen LogP contribution >= 0.6 is 23.5 Å².